The second-order valence-corrected chi connectivity index (χ2v) is 6.75. The average Bonchev–Trinajstić information content (AvgIpc) is 3.12. The van der Waals surface area contributed by atoms with Crippen LogP contribution in [-0.2, 0) is 0 Å². The fraction of sp³-hybridized carbons (Fsp3) is 0.150. The van der Waals surface area contributed by atoms with E-state index in [4.69, 9.17) is 12.2 Å². The number of hydrogen-bond acceptors (Lipinski definition) is 5. The first-order chi connectivity index (χ1) is 13.8. The number of nitrogens with zero attached hydrogens (tertiary/aromatic N) is 4. The zero-order chi connectivity index (χ0) is 21.1. The summed E-state index contributed by atoms with van der Waals surface area (Å²) in [4.78, 5) is 15.7. The number of aromatic hydroxyl groups is 2. The number of hydrazone groups is 1. The van der Waals surface area contributed by atoms with E-state index >= 15 is 0 Å². The molecule has 2 aromatic carbocycles. The van der Waals surface area contributed by atoms with Crippen LogP contribution >= 0.6 is 12.2 Å². The minimum Gasteiger partial charge on any atom is -0.508 e. The van der Waals surface area contributed by atoms with E-state index < -0.39 is 0 Å². The number of anilines is 1. The van der Waals surface area contributed by atoms with Gasteiger partial charge in [0, 0.05) is 38.8 Å². The molecule has 3 aromatic rings. The molecule has 0 bridgehead atoms. The van der Waals surface area contributed by atoms with E-state index in [1.165, 1.54) is 22.5 Å². The normalized spacial score (nSPS) is 11.3. The Bertz CT molecular complexity index is 1110. The van der Waals surface area contributed by atoms with Crippen LogP contribution in [0.5, 0.6) is 11.5 Å². The lowest BCUT2D eigenvalue weighted by Gasteiger charge is -2.23. The first kappa shape index (κ1) is 20.2. The number of thiocarbonyl (C=S) groups is 1. The van der Waals surface area contributed by atoms with Crippen LogP contribution in [0.2, 0.25) is 0 Å². The first-order valence-electron chi connectivity index (χ1n) is 8.69. The van der Waals surface area contributed by atoms with Crippen molar-refractivity contribution in [2.75, 3.05) is 26.0 Å². The maximum absolute atomic E-state index is 12.4. The second-order valence-electron chi connectivity index (χ2n) is 6.52. The largest absolute Gasteiger partial charge is 0.508 e. The Kier molecular flexibility index (Phi) is 5.69. The highest BCUT2D eigenvalue weighted by molar-refractivity contribution is 7.78. The molecule has 150 valence electrons. The molecule has 0 aliphatic heterocycles. The Hall–Kier alpha value is -3.59. The van der Waals surface area contributed by atoms with Gasteiger partial charge in [-0.05, 0) is 30.3 Å². The third-order valence-electron chi connectivity index (χ3n) is 4.42. The molecule has 3 rings (SSSR count). The lowest BCUT2D eigenvalue weighted by Crippen LogP contribution is -2.30. The molecule has 8 nitrogen and oxygen atoms in total. The molecule has 0 aliphatic rings. The van der Waals surface area contributed by atoms with Gasteiger partial charge in [0.1, 0.15) is 11.5 Å². The SMILES string of the molecule is CN(C)C(=O)n1ccc2c(N(C)/C(=N\NC=S)c3ccc(O)cc3O)cccc21. The maximum atomic E-state index is 12.4. The molecule has 1 amide bonds. The number of nitrogens with one attached hydrogen (secondary N) is 1. The van der Waals surface area contributed by atoms with Crippen molar-refractivity contribution in [1.29, 1.82) is 0 Å². The summed E-state index contributed by atoms with van der Waals surface area (Å²) < 4.78 is 1.57. The van der Waals surface area contributed by atoms with Gasteiger partial charge in [-0.3, -0.25) is 9.99 Å². The number of rotatable bonds is 4. The van der Waals surface area contributed by atoms with Crippen molar-refractivity contribution in [1.82, 2.24) is 14.9 Å². The Morgan fingerprint density at radius 1 is 1.17 bits per heavy atom. The van der Waals surface area contributed by atoms with Crippen molar-refractivity contribution >= 4 is 46.2 Å². The Labute approximate surface area is 173 Å². The van der Waals surface area contributed by atoms with Crippen LogP contribution in [0.25, 0.3) is 10.9 Å². The number of amidine groups is 1. The molecule has 0 radical (unpaired) electrons. The molecular weight excluding hydrogens is 390 g/mol. The standard InChI is InChI=1S/C20H21N5O3S/c1-23(2)20(28)25-10-9-14-16(5-4-6-17(14)25)24(3)19(22-21-12-29)15-8-7-13(26)11-18(15)27/h4-12,26-27H,1-3H3,(H,21,29)/b22-19-. The van der Waals surface area contributed by atoms with E-state index in [-0.39, 0.29) is 17.5 Å². The van der Waals surface area contributed by atoms with Crippen LogP contribution in [-0.4, -0.2) is 58.2 Å². The molecule has 1 heterocycles. The van der Waals surface area contributed by atoms with Crippen molar-refractivity contribution in [2.45, 2.75) is 0 Å². The third-order valence-corrected chi connectivity index (χ3v) is 4.53. The minimum atomic E-state index is -0.160. The zero-order valence-corrected chi connectivity index (χ0v) is 17.0. The summed E-state index contributed by atoms with van der Waals surface area (Å²) in [5.41, 5.74) is 5.78. The van der Waals surface area contributed by atoms with Gasteiger partial charge < -0.3 is 20.0 Å². The van der Waals surface area contributed by atoms with E-state index in [0.717, 1.165) is 16.6 Å². The van der Waals surface area contributed by atoms with Gasteiger partial charge in [0.25, 0.3) is 0 Å². The number of benzene rings is 2. The average molecular weight is 411 g/mol. The first-order valence-corrected chi connectivity index (χ1v) is 9.17. The smallest absolute Gasteiger partial charge is 0.328 e. The Morgan fingerprint density at radius 2 is 1.93 bits per heavy atom. The molecule has 3 N–H and O–H groups in total. The monoisotopic (exact) mass is 411 g/mol. The van der Waals surface area contributed by atoms with Gasteiger partial charge in [-0.2, -0.15) is 5.10 Å². The summed E-state index contributed by atoms with van der Waals surface area (Å²) in [7, 11) is 5.18. The molecule has 9 heteroatoms. The van der Waals surface area contributed by atoms with Crippen molar-refractivity contribution in [3.05, 3.63) is 54.2 Å². The predicted octanol–water partition coefficient (Wildman–Crippen LogP) is 2.93. The van der Waals surface area contributed by atoms with Gasteiger partial charge in [0.05, 0.1) is 22.3 Å². The summed E-state index contributed by atoms with van der Waals surface area (Å²) >= 11 is 4.80. The van der Waals surface area contributed by atoms with Crippen LogP contribution in [0, 0.1) is 0 Å². The van der Waals surface area contributed by atoms with Gasteiger partial charge in [-0.1, -0.05) is 18.3 Å². The van der Waals surface area contributed by atoms with E-state index in [0.29, 0.717) is 11.4 Å². The Morgan fingerprint density at radius 3 is 2.59 bits per heavy atom. The Balaban J connectivity index is 2.13. The van der Waals surface area contributed by atoms with E-state index in [9.17, 15) is 15.0 Å². The molecule has 1 aromatic heterocycles. The number of carbonyl (C=O) groups excluding carboxylic acids is 1. The highest BCUT2D eigenvalue weighted by Crippen LogP contribution is 2.31. The molecule has 0 saturated carbocycles. The summed E-state index contributed by atoms with van der Waals surface area (Å²) in [6, 6.07) is 11.5. The van der Waals surface area contributed by atoms with Gasteiger partial charge in [-0.15, -0.1) is 0 Å². The predicted molar refractivity (Wildman–Crippen MR) is 118 cm³/mol. The molecule has 0 fully saturated rings. The molecule has 0 aliphatic carbocycles. The maximum Gasteiger partial charge on any atom is 0.328 e. The summed E-state index contributed by atoms with van der Waals surface area (Å²) in [5, 5.41) is 25.0. The van der Waals surface area contributed by atoms with Crippen molar-refractivity contribution < 1.29 is 15.0 Å². The number of hydrogen-bond donors (Lipinski definition) is 3. The number of fused-ring (bicyclic) bond motifs is 1. The fourth-order valence-electron chi connectivity index (χ4n) is 3.05. The number of phenols is 2. The quantitative estimate of drug-likeness (QED) is 0.265. The van der Waals surface area contributed by atoms with E-state index in [1.54, 1.807) is 42.9 Å². The van der Waals surface area contributed by atoms with Crippen LogP contribution in [0.4, 0.5) is 10.5 Å². The molecule has 0 unspecified atom stereocenters. The van der Waals surface area contributed by atoms with Crippen molar-refractivity contribution in [3.63, 3.8) is 0 Å². The topological polar surface area (TPSA) is 93.3 Å². The number of aromatic nitrogens is 1. The van der Waals surface area contributed by atoms with Crippen LogP contribution < -0.4 is 10.3 Å². The van der Waals surface area contributed by atoms with E-state index in [2.05, 4.69) is 10.5 Å². The minimum absolute atomic E-state index is 0.0579. The number of phenolic OH excluding ortho intramolecular Hbond substituents is 2. The van der Waals surface area contributed by atoms with Gasteiger partial charge in [0.15, 0.2) is 5.84 Å². The fourth-order valence-corrected chi connectivity index (χ4v) is 3.11. The summed E-state index contributed by atoms with van der Waals surface area (Å²) in [6.45, 7) is 0. The molecule has 29 heavy (non-hydrogen) atoms. The zero-order valence-electron chi connectivity index (χ0n) is 16.2. The van der Waals surface area contributed by atoms with E-state index in [1.807, 2.05) is 24.3 Å². The van der Waals surface area contributed by atoms with Gasteiger partial charge in [0.2, 0.25) is 0 Å². The molecule has 0 spiro atoms. The lowest BCUT2D eigenvalue weighted by molar-refractivity contribution is 0.220. The molecular formula is C20H21N5O3S. The number of carbonyl (C=O) groups is 1. The highest BCUT2D eigenvalue weighted by atomic mass is 32.1. The van der Waals surface area contributed by atoms with Crippen molar-refractivity contribution in [3.8, 4) is 11.5 Å². The summed E-state index contributed by atoms with van der Waals surface area (Å²) in [6.07, 6.45) is 1.72. The third kappa shape index (κ3) is 3.85. The number of amides is 1. The van der Waals surface area contributed by atoms with Crippen LogP contribution in [0.3, 0.4) is 0 Å². The van der Waals surface area contributed by atoms with Crippen LogP contribution in [0.1, 0.15) is 5.56 Å². The second kappa shape index (κ2) is 8.19. The lowest BCUT2D eigenvalue weighted by atomic mass is 10.1. The molecule has 0 saturated heterocycles. The highest BCUT2D eigenvalue weighted by Gasteiger charge is 2.20. The van der Waals surface area contributed by atoms with Gasteiger partial charge >= 0.3 is 6.03 Å². The van der Waals surface area contributed by atoms with Crippen molar-refractivity contribution in [2.24, 2.45) is 5.10 Å². The van der Waals surface area contributed by atoms with Gasteiger partial charge in [-0.25, -0.2) is 4.79 Å². The summed E-state index contributed by atoms with van der Waals surface area (Å²) in [5.74, 6) is 0.189. The van der Waals surface area contributed by atoms with Crippen LogP contribution in [0.15, 0.2) is 53.8 Å². The molecule has 0 atom stereocenters.